The van der Waals surface area contributed by atoms with Gasteiger partial charge in [0, 0.05) is 24.8 Å². The zero-order chi connectivity index (χ0) is 11.8. The lowest BCUT2D eigenvalue weighted by Crippen LogP contribution is -2.49. The number of aromatic hydroxyl groups is 1. The quantitative estimate of drug-likeness (QED) is 0.518. The van der Waals surface area contributed by atoms with Gasteiger partial charge in [0.1, 0.15) is 5.75 Å². The molecule has 4 nitrogen and oxygen atoms in total. The predicted octanol–water partition coefficient (Wildman–Crippen LogP) is 1.69. The van der Waals surface area contributed by atoms with Crippen LogP contribution in [0.2, 0.25) is 0 Å². The minimum atomic E-state index is 0.235. The highest BCUT2D eigenvalue weighted by Gasteiger charge is 2.04. The first-order valence-electron chi connectivity index (χ1n) is 4.96. The molecule has 16 heavy (non-hydrogen) atoms. The second-order valence-electron chi connectivity index (χ2n) is 3.05. The molecule has 0 spiro atoms. The van der Waals surface area contributed by atoms with Crippen LogP contribution in [0, 0.1) is 0 Å². The molecular weight excluding hydrogens is 249 g/mol. The van der Waals surface area contributed by atoms with Crippen LogP contribution < -0.4 is 16.0 Å². The minimum Gasteiger partial charge on any atom is -0.508 e. The lowest BCUT2D eigenvalue weighted by molar-refractivity contribution is 0.475. The molecule has 90 valence electrons. The van der Waals surface area contributed by atoms with Gasteiger partial charge in [0.05, 0.1) is 5.69 Å². The van der Waals surface area contributed by atoms with Gasteiger partial charge < -0.3 is 5.11 Å². The number of nitrogens with one attached hydrogen (secondary N) is 2. The van der Waals surface area contributed by atoms with Gasteiger partial charge in [-0.25, -0.2) is 16.0 Å². The number of anilines is 1. The van der Waals surface area contributed by atoms with Crippen molar-refractivity contribution in [2.45, 2.75) is 0 Å². The molecule has 0 aromatic heterocycles. The van der Waals surface area contributed by atoms with Crippen molar-refractivity contribution in [1.29, 1.82) is 0 Å². The number of rotatable bonds is 7. The third-order valence-corrected chi connectivity index (χ3v) is 2.21. The number of hydrazine groups is 2. The average Bonchev–Trinajstić information content (AvgIpc) is 2.31. The van der Waals surface area contributed by atoms with E-state index >= 15 is 0 Å². The van der Waals surface area contributed by atoms with Crippen molar-refractivity contribution in [1.82, 2.24) is 10.9 Å². The van der Waals surface area contributed by atoms with Crippen molar-refractivity contribution in [2.75, 3.05) is 30.0 Å². The van der Waals surface area contributed by atoms with Gasteiger partial charge in [0.2, 0.25) is 0 Å². The maximum atomic E-state index is 9.19. The molecule has 6 heteroatoms. The summed E-state index contributed by atoms with van der Waals surface area (Å²) in [6, 6.07) is 6.82. The van der Waals surface area contributed by atoms with Gasteiger partial charge in [0.15, 0.2) is 0 Å². The van der Waals surface area contributed by atoms with Crippen LogP contribution in [-0.2, 0) is 0 Å². The Balaban J connectivity index is 2.62. The van der Waals surface area contributed by atoms with Crippen LogP contribution in [0.1, 0.15) is 0 Å². The Morgan fingerprint density at radius 2 is 1.50 bits per heavy atom. The third-order valence-electron chi connectivity index (χ3n) is 1.84. The van der Waals surface area contributed by atoms with Crippen LogP contribution in [0.4, 0.5) is 5.69 Å². The van der Waals surface area contributed by atoms with Crippen molar-refractivity contribution in [2.24, 2.45) is 0 Å². The Hall–Kier alpha value is -0.680. The smallest absolute Gasteiger partial charge is 0.115 e. The number of phenolic OH excluding ortho intramolecular Hbond substituents is 1. The molecule has 0 fully saturated rings. The third kappa shape index (κ3) is 4.45. The zero-order valence-corrected chi connectivity index (χ0v) is 10.3. The predicted molar refractivity (Wildman–Crippen MR) is 68.0 cm³/mol. The number of hydrogen-bond acceptors (Lipinski definition) is 4. The molecule has 1 aromatic carbocycles. The molecule has 1 aromatic rings. The van der Waals surface area contributed by atoms with Crippen molar-refractivity contribution in [3.05, 3.63) is 24.3 Å². The molecule has 0 radical (unpaired) electrons. The minimum absolute atomic E-state index is 0.235. The second kappa shape index (κ2) is 7.57. The monoisotopic (exact) mass is 263 g/mol. The summed E-state index contributed by atoms with van der Waals surface area (Å²) >= 11 is 11.2. The van der Waals surface area contributed by atoms with Crippen LogP contribution in [-0.4, -0.2) is 30.0 Å². The maximum Gasteiger partial charge on any atom is 0.115 e. The summed E-state index contributed by atoms with van der Waals surface area (Å²) in [7, 11) is 0. The summed E-state index contributed by atoms with van der Waals surface area (Å²) in [6.07, 6.45) is 0. The van der Waals surface area contributed by atoms with E-state index in [-0.39, 0.29) is 5.75 Å². The standard InChI is InChI=1S/C10H15Cl2N3O/c11-5-7-13-15(14-8-6-12)9-1-3-10(16)4-2-9/h1-4,13-14,16H,5-8H2. The molecule has 0 amide bonds. The maximum absolute atomic E-state index is 9.19. The van der Waals surface area contributed by atoms with Gasteiger partial charge >= 0.3 is 0 Å². The first kappa shape index (κ1) is 13.4. The average molecular weight is 264 g/mol. The number of benzene rings is 1. The molecular formula is C10H15Cl2N3O. The Kier molecular flexibility index (Phi) is 6.33. The van der Waals surface area contributed by atoms with Crippen LogP contribution in [0.15, 0.2) is 24.3 Å². The van der Waals surface area contributed by atoms with Crippen molar-refractivity contribution < 1.29 is 5.11 Å². The van der Waals surface area contributed by atoms with Crippen LogP contribution >= 0.6 is 23.2 Å². The molecule has 0 saturated heterocycles. The van der Waals surface area contributed by atoms with Crippen molar-refractivity contribution >= 4 is 28.9 Å². The van der Waals surface area contributed by atoms with Gasteiger partial charge in [-0.1, -0.05) is 0 Å². The highest BCUT2D eigenvalue weighted by molar-refractivity contribution is 6.18. The molecule has 0 aliphatic rings. The highest BCUT2D eigenvalue weighted by Crippen LogP contribution is 2.15. The molecule has 1 rings (SSSR count). The first-order chi connectivity index (χ1) is 7.77. The van der Waals surface area contributed by atoms with E-state index in [4.69, 9.17) is 23.2 Å². The summed E-state index contributed by atoms with van der Waals surface area (Å²) in [5, 5.41) is 10.9. The normalized spacial score (nSPS) is 10.4. The second-order valence-corrected chi connectivity index (χ2v) is 3.80. The van der Waals surface area contributed by atoms with E-state index in [0.717, 1.165) is 5.69 Å². The lowest BCUT2D eigenvalue weighted by atomic mass is 10.3. The summed E-state index contributed by atoms with van der Waals surface area (Å²) in [5.41, 5.74) is 7.06. The Morgan fingerprint density at radius 1 is 1.00 bits per heavy atom. The van der Waals surface area contributed by atoms with E-state index in [9.17, 15) is 5.11 Å². The zero-order valence-electron chi connectivity index (χ0n) is 8.79. The van der Waals surface area contributed by atoms with Gasteiger partial charge in [0.25, 0.3) is 0 Å². The SMILES string of the molecule is Oc1ccc(N(NCCCl)NCCCl)cc1. The van der Waals surface area contributed by atoms with Crippen LogP contribution in [0.25, 0.3) is 0 Å². The summed E-state index contributed by atoms with van der Waals surface area (Å²) in [6.45, 7) is 1.27. The fourth-order valence-electron chi connectivity index (χ4n) is 1.15. The van der Waals surface area contributed by atoms with Crippen LogP contribution in [0.3, 0.4) is 0 Å². The molecule has 0 aliphatic carbocycles. The summed E-state index contributed by atoms with van der Waals surface area (Å²) in [4.78, 5) is 0. The van der Waals surface area contributed by atoms with Gasteiger partial charge in [-0.3, -0.25) is 0 Å². The molecule has 3 N–H and O–H groups in total. The molecule has 0 aliphatic heterocycles. The summed E-state index contributed by atoms with van der Waals surface area (Å²) < 4.78 is 0. The number of halogens is 2. The Labute approximate surface area is 105 Å². The molecule has 0 atom stereocenters. The van der Waals surface area contributed by atoms with Crippen LogP contribution in [0.5, 0.6) is 5.75 Å². The summed E-state index contributed by atoms with van der Waals surface area (Å²) in [5.74, 6) is 1.26. The van der Waals surface area contributed by atoms with E-state index < -0.39 is 0 Å². The molecule has 0 heterocycles. The Morgan fingerprint density at radius 3 is 1.94 bits per heavy atom. The number of nitrogens with zero attached hydrogens (tertiary/aromatic N) is 1. The molecule has 0 unspecified atom stereocenters. The van der Waals surface area contributed by atoms with E-state index in [2.05, 4.69) is 10.9 Å². The van der Waals surface area contributed by atoms with Crippen molar-refractivity contribution in [3.63, 3.8) is 0 Å². The fraction of sp³-hybridized carbons (Fsp3) is 0.400. The topological polar surface area (TPSA) is 47.5 Å². The molecule has 0 bridgehead atoms. The largest absolute Gasteiger partial charge is 0.508 e. The van der Waals surface area contributed by atoms with Gasteiger partial charge in [-0.05, 0) is 24.3 Å². The van der Waals surface area contributed by atoms with Crippen molar-refractivity contribution in [3.8, 4) is 5.75 Å². The number of hydrogen-bond donors (Lipinski definition) is 3. The Bertz CT molecular complexity index is 287. The number of phenols is 1. The van der Waals surface area contributed by atoms with E-state index in [1.165, 1.54) is 0 Å². The van der Waals surface area contributed by atoms with E-state index in [1.54, 1.807) is 29.4 Å². The fourth-order valence-corrected chi connectivity index (χ4v) is 1.32. The van der Waals surface area contributed by atoms with Gasteiger partial charge in [-0.15, -0.1) is 23.2 Å². The first-order valence-corrected chi connectivity index (χ1v) is 6.03. The number of alkyl halides is 2. The highest BCUT2D eigenvalue weighted by atomic mass is 35.5. The van der Waals surface area contributed by atoms with Gasteiger partial charge in [-0.2, -0.15) is 0 Å². The molecule has 0 saturated carbocycles. The van der Waals surface area contributed by atoms with E-state index in [0.29, 0.717) is 24.8 Å². The lowest BCUT2D eigenvalue weighted by Gasteiger charge is -2.25. The van der Waals surface area contributed by atoms with E-state index in [1.807, 2.05) is 0 Å².